The Morgan fingerprint density at radius 1 is 0.667 bits per heavy atom. The molecule has 2 heterocycles. The molecule has 1 aromatic heterocycles. The summed E-state index contributed by atoms with van der Waals surface area (Å²) in [5.74, 6) is 1.50. The third-order valence-corrected chi connectivity index (χ3v) is 7.63. The molecule has 0 spiro atoms. The fraction of sp³-hybridized carbons (Fsp3) is 0.545. The summed E-state index contributed by atoms with van der Waals surface area (Å²) in [5, 5.41) is 0.640. The van der Waals surface area contributed by atoms with E-state index in [1.807, 2.05) is 48.5 Å². The van der Waals surface area contributed by atoms with Crippen molar-refractivity contribution in [3.05, 3.63) is 64.3 Å². The van der Waals surface area contributed by atoms with Crippen molar-refractivity contribution in [2.24, 2.45) is 0 Å². The van der Waals surface area contributed by atoms with Gasteiger partial charge in [0.25, 0.3) is 0 Å². The van der Waals surface area contributed by atoms with E-state index in [0.29, 0.717) is 22.3 Å². The molecule has 4 rings (SSSR count). The third-order valence-electron chi connectivity index (χ3n) is 7.63. The lowest BCUT2D eigenvalue weighted by molar-refractivity contribution is 0.182. The molecule has 0 radical (unpaired) electrons. The van der Waals surface area contributed by atoms with Gasteiger partial charge in [0.05, 0.1) is 16.5 Å². The average Bonchev–Trinajstić information content (AvgIpc) is 2.91. The van der Waals surface area contributed by atoms with Crippen molar-refractivity contribution >= 4 is 11.0 Å². The van der Waals surface area contributed by atoms with Gasteiger partial charge >= 0.3 is 0 Å². The minimum atomic E-state index is -0.238. The first-order chi connectivity index (χ1) is 17.8. The van der Waals surface area contributed by atoms with Crippen molar-refractivity contribution in [1.82, 2.24) is 0 Å². The van der Waals surface area contributed by atoms with Crippen molar-refractivity contribution in [2.45, 2.75) is 116 Å². The molecule has 3 nitrogen and oxygen atoms in total. The van der Waals surface area contributed by atoms with Crippen molar-refractivity contribution < 1.29 is 9.15 Å². The van der Waals surface area contributed by atoms with Crippen LogP contribution in [0.25, 0.3) is 22.3 Å². The molecule has 0 saturated heterocycles. The van der Waals surface area contributed by atoms with Gasteiger partial charge in [-0.2, -0.15) is 0 Å². The number of para-hydroxylation sites is 2. The van der Waals surface area contributed by atoms with Crippen LogP contribution in [-0.4, -0.2) is 0 Å². The second-order valence-electron chi connectivity index (χ2n) is 10.5. The highest BCUT2D eigenvalue weighted by molar-refractivity contribution is 5.82. The van der Waals surface area contributed by atoms with Crippen molar-refractivity contribution in [1.29, 1.82) is 0 Å². The molecule has 2 aromatic carbocycles. The summed E-state index contributed by atoms with van der Waals surface area (Å²) in [5.41, 5.74) is 2.26. The molecule has 36 heavy (non-hydrogen) atoms. The normalized spacial score (nSPS) is 14.4. The van der Waals surface area contributed by atoms with Gasteiger partial charge in [0, 0.05) is 0 Å². The van der Waals surface area contributed by atoms with Gasteiger partial charge in [-0.1, -0.05) is 121 Å². The third kappa shape index (κ3) is 7.02. The lowest BCUT2D eigenvalue weighted by atomic mass is 9.93. The fourth-order valence-corrected chi connectivity index (χ4v) is 5.52. The molecule has 1 aliphatic rings. The predicted octanol–water partition coefficient (Wildman–Crippen LogP) is 10.2. The van der Waals surface area contributed by atoms with Crippen molar-refractivity contribution in [2.75, 3.05) is 0 Å². The molecule has 0 unspecified atom stereocenters. The average molecular weight is 489 g/mol. The minimum Gasteiger partial charge on any atom is -0.485 e. The van der Waals surface area contributed by atoms with E-state index < -0.39 is 0 Å². The maximum atomic E-state index is 13.4. The Labute approximate surface area is 217 Å². The highest BCUT2D eigenvalue weighted by atomic mass is 16.5. The number of unbranched alkanes of at least 4 members (excludes halogenated alkanes) is 14. The Kier molecular flexibility index (Phi) is 10.5. The summed E-state index contributed by atoms with van der Waals surface area (Å²) in [6.45, 7) is 2.28. The molecule has 0 saturated carbocycles. The maximum Gasteiger partial charge on any atom is 0.200 e. The van der Waals surface area contributed by atoms with Gasteiger partial charge in [0.15, 0.2) is 5.43 Å². The van der Waals surface area contributed by atoms with E-state index in [-0.39, 0.29) is 11.5 Å². The van der Waals surface area contributed by atoms with Crippen LogP contribution in [-0.2, 0) is 0 Å². The van der Waals surface area contributed by atoms with Crippen LogP contribution >= 0.6 is 0 Å². The highest BCUT2D eigenvalue weighted by Crippen LogP contribution is 2.43. The van der Waals surface area contributed by atoms with Crippen LogP contribution in [0.4, 0.5) is 0 Å². The van der Waals surface area contributed by atoms with Crippen LogP contribution in [0.3, 0.4) is 0 Å². The molecule has 0 N–H and O–H groups in total. The number of hydrogen-bond donors (Lipinski definition) is 0. The van der Waals surface area contributed by atoms with Crippen LogP contribution in [0.1, 0.15) is 121 Å². The summed E-state index contributed by atoms with van der Waals surface area (Å²) in [7, 11) is 0. The SMILES string of the molecule is CCCCCCCCCCCCCCCCC[C@@H]1Oc2ccccc2-c2oc3ccccc3c(=O)c21. The van der Waals surface area contributed by atoms with E-state index in [9.17, 15) is 4.79 Å². The molecular weight excluding hydrogens is 444 g/mol. The lowest BCUT2D eigenvalue weighted by Crippen LogP contribution is -2.23. The van der Waals surface area contributed by atoms with Crippen LogP contribution in [0.5, 0.6) is 5.75 Å². The summed E-state index contributed by atoms with van der Waals surface area (Å²) >= 11 is 0. The molecule has 1 atom stereocenters. The Bertz CT molecular complexity index is 1130. The van der Waals surface area contributed by atoms with Gasteiger partial charge in [0.2, 0.25) is 0 Å². The van der Waals surface area contributed by atoms with Gasteiger partial charge in [-0.15, -0.1) is 0 Å². The standard InChI is InChI=1S/C33H44O3/c1-2-3-4-5-6-7-8-9-10-11-12-13-14-15-16-25-30-31-32(34)26-21-17-19-23-28(26)36-33(31)27-22-18-20-24-29(27)35-30/h17-24,30H,2-16,25H2,1H3/t30-/m0/s1. The highest BCUT2D eigenvalue weighted by Gasteiger charge is 2.31. The molecule has 0 aliphatic carbocycles. The number of hydrogen-bond acceptors (Lipinski definition) is 3. The topological polar surface area (TPSA) is 39.4 Å². The number of ether oxygens (including phenoxy) is 1. The van der Waals surface area contributed by atoms with E-state index in [0.717, 1.165) is 24.2 Å². The van der Waals surface area contributed by atoms with Gasteiger partial charge in [0.1, 0.15) is 23.2 Å². The number of fused-ring (bicyclic) bond motifs is 4. The molecule has 1 aliphatic heterocycles. The molecule has 0 amide bonds. The second-order valence-corrected chi connectivity index (χ2v) is 10.5. The molecule has 0 bridgehead atoms. The first-order valence-electron chi connectivity index (χ1n) is 14.6. The second kappa shape index (κ2) is 14.3. The summed E-state index contributed by atoms with van der Waals surface area (Å²) in [6.07, 6.45) is 20.8. The number of rotatable bonds is 16. The summed E-state index contributed by atoms with van der Waals surface area (Å²) < 4.78 is 12.6. The van der Waals surface area contributed by atoms with E-state index >= 15 is 0 Å². The summed E-state index contributed by atoms with van der Waals surface area (Å²) in [4.78, 5) is 13.4. The molecular formula is C33H44O3. The van der Waals surface area contributed by atoms with Crippen molar-refractivity contribution in [3.63, 3.8) is 0 Å². The lowest BCUT2D eigenvalue weighted by Gasteiger charge is -2.27. The van der Waals surface area contributed by atoms with E-state index in [4.69, 9.17) is 9.15 Å². The molecule has 194 valence electrons. The Morgan fingerprint density at radius 2 is 1.22 bits per heavy atom. The zero-order valence-corrected chi connectivity index (χ0v) is 22.2. The maximum absolute atomic E-state index is 13.4. The fourth-order valence-electron chi connectivity index (χ4n) is 5.52. The van der Waals surface area contributed by atoms with E-state index in [2.05, 4.69) is 6.92 Å². The van der Waals surface area contributed by atoms with Gasteiger partial charge < -0.3 is 9.15 Å². The molecule has 3 aromatic rings. The van der Waals surface area contributed by atoms with E-state index in [1.165, 1.54) is 89.9 Å². The quantitative estimate of drug-likeness (QED) is 0.188. The summed E-state index contributed by atoms with van der Waals surface area (Å²) in [6, 6.07) is 15.4. The molecule has 0 fully saturated rings. The Hall–Kier alpha value is -2.55. The van der Waals surface area contributed by atoms with Crippen LogP contribution in [0, 0.1) is 0 Å². The van der Waals surface area contributed by atoms with Gasteiger partial charge in [-0.05, 0) is 37.1 Å². The minimum absolute atomic E-state index is 0.0484. The predicted molar refractivity (Wildman–Crippen MR) is 151 cm³/mol. The van der Waals surface area contributed by atoms with E-state index in [1.54, 1.807) is 0 Å². The van der Waals surface area contributed by atoms with Crippen LogP contribution in [0.15, 0.2) is 57.7 Å². The molecule has 3 heteroatoms. The first-order valence-corrected chi connectivity index (χ1v) is 14.6. The van der Waals surface area contributed by atoms with Crippen molar-refractivity contribution in [3.8, 4) is 17.1 Å². The zero-order chi connectivity index (χ0) is 25.0. The largest absolute Gasteiger partial charge is 0.485 e. The van der Waals surface area contributed by atoms with Gasteiger partial charge in [-0.25, -0.2) is 0 Å². The van der Waals surface area contributed by atoms with Crippen LogP contribution in [0.2, 0.25) is 0 Å². The number of benzene rings is 2. The Morgan fingerprint density at radius 3 is 1.89 bits per heavy atom. The monoisotopic (exact) mass is 488 g/mol. The first kappa shape index (κ1) is 26.5. The van der Waals surface area contributed by atoms with Crippen LogP contribution < -0.4 is 10.2 Å². The van der Waals surface area contributed by atoms with Gasteiger partial charge in [-0.3, -0.25) is 4.79 Å². The smallest absolute Gasteiger partial charge is 0.200 e. The zero-order valence-electron chi connectivity index (χ0n) is 22.2. The Balaban J connectivity index is 1.19.